The van der Waals surface area contributed by atoms with E-state index in [-0.39, 0.29) is 17.7 Å². The molecule has 2 aromatic rings. The average Bonchev–Trinajstić information content (AvgIpc) is 2.83. The van der Waals surface area contributed by atoms with Crippen molar-refractivity contribution in [1.82, 2.24) is 9.80 Å². The minimum atomic E-state index is -0.0519. The Hall–Kier alpha value is -2.57. The van der Waals surface area contributed by atoms with Crippen LogP contribution in [-0.4, -0.2) is 61.0 Å². The van der Waals surface area contributed by atoms with Crippen molar-refractivity contribution in [3.63, 3.8) is 0 Å². The van der Waals surface area contributed by atoms with Gasteiger partial charge in [-0.25, -0.2) is 0 Å². The van der Waals surface area contributed by atoms with Gasteiger partial charge in [-0.15, -0.1) is 0 Å². The summed E-state index contributed by atoms with van der Waals surface area (Å²) < 4.78 is 11.3. The number of ether oxygens (including phenoxy) is 2. The number of piperidine rings is 1. The Morgan fingerprint density at radius 1 is 0.935 bits per heavy atom. The quantitative estimate of drug-likeness (QED) is 0.709. The Kier molecular flexibility index (Phi) is 7.10. The Labute approximate surface area is 187 Å². The van der Waals surface area contributed by atoms with Gasteiger partial charge in [-0.2, -0.15) is 0 Å². The van der Waals surface area contributed by atoms with Crippen molar-refractivity contribution in [1.29, 1.82) is 0 Å². The molecule has 31 heavy (non-hydrogen) atoms. The van der Waals surface area contributed by atoms with Crippen LogP contribution in [0.4, 0.5) is 0 Å². The fraction of sp³-hybridized carbons (Fsp3) is 0.417. The first kappa shape index (κ1) is 21.7. The highest BCUT2D eigenvalue weighted by Gasteiger charge is 2.31. The van der Waals surface area contributed by atoms with Gasteiger partial charge in [0.15, 0.2) is 0 Å². The molecular formula is C24H27ClN2O4. The summed E-state index contributed by atoms with van der Waals surface area (Å²) in [5.41, 5.74) is 1.53. The summed E-state index contributed by atoms with van der Waals surface area (Å²) in [6.07, 6.45) is 1.38. The fourth-order valence-corrected chi connectivity index (χ4v) is 4.18. The molecule has 0 bridgehead atoms. The number of amides is 2. The van der Waals surface area contributed by atoms with Crippen LogP contribution in [0.1, 0.15) is 28.8 Å². The van der Waals surface area contributed by atoms with Crippen LogP contribution in [0.2, 0.25) is 5.02 Å². The second kappa shape index (κ2) is 10.2. The lowest BCUT2D eigenvalue weighted by molar-refractivity contribution is -0.141. The molecular weight excluding hydrogens is 416 g/mol. The summed E-state index contributed by atoms with van der Waals surface area (Å²) in [6, 6.07) is 14.8. The monoisotopic (exact) mass is 442 g/mol. The molecule has 2 aliphatic heterocycles. The standard InChI is InChI=1S/C24H27ClN2O4/c25-20-7-5-18(6-8-20)17-31-22-4-2-1-3-21(22)24(29)26-11-9-19(10-12-26)23(28)27-13-15-30-16-14-27/h1-8,19H,9-17H2. The maximum atomic E-state index is 13.2. The number of hydrogen-bond acceptors (Lipinski definition) is 4. The SMILES string of the molecule is O=C(c1ccccc1OCc1ccc(Cl)cc1)N1CCC(C(=O)N2CCOCC2)CC1. The number of carbonyl (C=O) groups excluding carboxylic acids is 2. The maximum absolute atomic E-state index is 13.2. The van der Waals surface area contributed by atoms with Crippen LogP contribution < -0.4 is 4.74 Å². The molecule has 0 atom stereocenters. The highest BCUT2D eigenvalue weighted by molar-refractivity contribution is 6.30. The Morgan fingerprint density at radius 3 is 2.32 bits per heavy atom. The van der Waals surface area contributed by atoms with Gasteiger partial charge in [0.25, 0.3) is 5.91 Å². The van der Waals surface area contributed by atoms with Gasteiger partial charge in [-0.1, -0.05) is 35.9 Å². The van der Waals surface area contributed by atoms with E-state index in [0.29, 0.717) is 75.2 Å². The molecule has 0 radical (unpaired) electrons. The second-order valence-electron chi connectivity index (χ2n) is 7.92. The first-order valence-corrected chi connectivity index (χ1v) is 11.1. The predicted octanol–water partition coefficient (Wildman–Crippen LogP) is 3.63. The molecule has 7 heteroatoms. The summed E-state index contributed by atoms with van der Waals surface area (Å²) in [7, 11) is 0. The number of rotatable bonds is 5. The van der Waals surface area contributed by atoms with Crippen LogP contribution >= 0.6 is 11.6 Å². The van der Waals surface area contributed by atoms with Crippen LogP contribution in [0.25, 0.3) is 0 Å². The predicted molar refractivity (Wildman–Crippen MR) is 118 cm³/mol. The molecule has 2 aromatic carbocycles. The third-order valence-electron chi connectivity index (χ3n) is 5.88. The van der Waals surface area contributed by atoms with Crippen LogP contribution in [0.15, 0.2) is 48.5 Å². The van der Waals surface area contributed by atoms with Gasteiger partial charge < -0.3 is 19.3 Å². The Balaban J connectivity index is 1.35. The zero-order chi connectivity index (χ0) is 21.6. The molecule has 0 unspecified atom stereocenters. The van der Waals surface area contributed by atoms with E-state index in [2.05, 4.69) is 0 Å². The number of carbonyl (C=O) groups is 2. The summed E-state index contributed by atoms with van der Waals surface area (Å²) in [5, 5.41) is 0.676. The highest BCUT2D eigenvalue weighted by atomic mass is 35.5. The van der Waals surface area contributed by atoms with Crippen molar-refractivity contribution in [2.75, 3.05) is 39.4 Å². The second-order valence-corrected chi connectivity index (χ2v) is 8.35. The lowest BCUT2D eigenvalue weighted by atomic mass is 9.94. The first-order valence-electron chi connectivity index (χ1n) is 10.7. The molecule has 4 rings (SSSR count). The van der Waals surface area contributed by atoms with E-state index in [1.165, 1.54) is 0 Å². The van der Waals surface area contributed by atoms with Crippen LogP contribution in [0.5, 0.6) is 5.75 Å². The normalized spacial score (nSPS) is 17.5. The molecule has 2 amide bonds. The highest BCUT2D eigenvalue weighted by Crippen LogP contribution is 2.26. The van der Waals surface area contributed by atoms with E-state index in [4.69, 9.17) is 21.1 Å². The van der Waals surface area contributed by atoms with Gasteiger partial charge in [0.2, 0.25) is 5.91 Å². The third kappa shape index (κ3) is 5.38. The third-order valence-corrected chi connectivity index (χ3v) is 6.13. The Bertz CT molecular complexity index is 904. The van der Waals surface area contributed by atoms with Crippen LogP contribution in [-0.2, 0) is 16.1 Å². The van der Waals surface area contributed by atoms with E-state index in [9.17, 15) is 9.59 Å². The molecule has 2 saturated heterocycles. The van der Waals surface area contributed by atoms with Gasteiger partial charge >= 0.3 is 0 Å². The number of benzene rings is 2. The van der Waals surface area contributed by atoms with Crippen molar-refractivity contribution >= 4 is 23.4 Å². The molecule has 2 fully saturated rings. The van der Waals surface area contributed by atoms with Crippen molar-refractivity contribution in [3.8, 4) is 5.75 Å². The zero-order valence-electron chi connectivity index (χ0n) is 17.5. The van der Waals surface area contributed by atoms with Crippen molar-refractivity contribution in [2.45, 2.75) is 19.4 Å². The minimum Gasteiger partial charge on any atom is -0.488 e. The van der Waals surface area contributed by atoms with Crippen LogP contribution in [0, 0.1) is 5.92 Å². The molecule has 0 aromatic heterocycles. The summed E-state index contributed by atoms with van der Waals surface area (Å²) >= 11 is 5.94. The number of likely N-dealkylation sites (tertiary alicyclic amines) is 1. The van der Waals surface area contributed by atoms with Gasteiger partial charge in [-0.05, 0) is 42.7 Å². The number of morpholine rings is 1. The molecule has 2 aliphatic rings. The molecule has 164 valence electrons. The topological polar surface area (TPSA) is 59.1 Å². The van der Waals surface area contributed by atoms with E-state index in [1.807, 2.05) is 52.3 Å². The molecule has 2 heterocycles. The van der Waals surface area contributed by atoms with Crippen molar-refractivity contribution in [2.24, 2.45) is 5.92 Å². The molecule has 0 N–H and O–H groups in total. The van der Waals surface area contributed by atoms with E-state index in [1.54, 1.807) is 6.07 Å². The molecule has 0 saturated carbocycles. The summed E-state index contributed by atoms with van der Waals surface area (Å²) in [5.74, 6) is 0.693. The zero-order valence-corrected chi connectivity index (χ0v) is 18.2. The van der Waals surface area contributed by atoms with Gasteiger partial charge in [0.1, 0.15) is 12.4 Å². The number of nitrogens with zero attached hydrogens (tertiary/aromatic N) is 2. The van der Waals surface area contributed by atoms with Crippen molar-refractivity contribution in [3.05, 3.63) is 64.7 Å². The summed E-state index contributed by atoms with van der Waals surface area (Å²) in [6.45, 7) is 4.05. The van der Waals surface area contributed by atoms with Crippen molar-refractivity contribution < 1.29 is 19.1 Å². The minimum absolute atomic E-state index is 0.0152. The smallest absolute Gasteiger partial charge is 0.257 e. The molecule has 0 spiro atoms. The molecule has 6 nitrogen and oxygen atoms in total. The number of halogens is 1. The van der Waals surface area contributed by atoms with Gasteiger partial charge in [0.05, 0.1) is 18.8 Å². The van der Waals surface area contributed by atoms with Gasteiger partial charge in [0, 0.05) is 37.1 Å². The van der Waals surface area contributed by atoms with Crippen LogP contribution in [0.3, 0.4) is 0 Å². The first-order chi connectivity index (χ1) is 15.1. The summed E-state index contributed by atoms with van der Waals surface area (Å²) in [4.78, 5) is 29.6. The maximum Gasteiger partial charge on any atom is 0.257 e. The average molecular weight is 443 g/mol. The fourth-order valence-electron chi connectivity index (χ4n) is 4.05. The van der Waals surface area contributed by atoms with E-state index in [0.717, 1.165) is 5.56 Å². The van der Waals surface area contributed by atoms with E-state index < -0.39 is 0 Å². The van der Waals surface area contributed by atoms with Gasteiger partial charge in [-0.3, -0.25) is 9.59 Å². The lowest BCUT2D eigenvalue weighted by Gasteiger charge is -2.35. The molecule has 0 aliphatic carbocycles. The Morgan fingerprint density at radius 2 is 1.61 bits per heavy atom. The van der Waals surface area contributed by atoms with E-state index >= 15 is 0 Å². The lowest BCUT2D eigenvalue weighted by Crippen LogP contribution is -2.47. The largest absolute Gasteiger partial charge is 0.488 e. The number of para-hydroxylation sites is 1. The number of hydrogen-bond donors (Lipinski definition) is 0.